The number of aryl methyl sites for hydroxylation is 2. The van der Waals surface area contributed by atoms with E-state index in [0.717, 1.165) is 22.7 Å². The Hall–Kier alpha value is -2.82. The average molecular weight is 403 g/mol. The highest BCUT2D eigenvalue weighted by molar-refractivity contribution is 7.80. The Kier molecular flexibility index (Phi) is 5.73. The number of azo groups is 1. The maximum Gasteiger partial charge on any atom is 0.422 e. The van der Waals surface area contributed by atoms with Crippen LogP contribution in [0.25, 0.3) is 11.0 Å². The molecule has 10 heteroatoms. The molecule has 0 radical (unpaired) electrons. The third-order valence-electron chi connectivity index (χ3n) is 4.40. The fraction of sp³-hybridized carbons (Fsp3) is 0.278. The summed E-state index contributed by atoms with van der Waals surface area (Å²) < 4.78 is 39.6. The molecule has 1 heterocycles. The van der Waals surface area contributed by atoms with E-state index in [1.807, 2.05) is 71.8 Å². The maximum absolute atomic E-state index is 10.5. The van der Waals surface area contributed by atoms with Gasteiger partial charge in [0.15, 0.2) is 0 Å². The van der Waals surface area contributed by atoms with Crippen LogP contribution in [0.3, 0.4) is 0 Å². The van der Waals surface area contributed by atoms with Gasteiger partial charge >= 0.3 is 5.95 Å². The first-order valence-electron chi connectivity index (χ1n) is 8.53. The van der Waals surface area contributed by atoms with Crippen molar-refractivity contribution >= 4 is 38.8 Å². The maximum atomic E-state index is 10.5. The number of hydrogen-bond acceptors (Lipinski definition) is 7. The molecule has 0 aliphatic heterocycles. The Balaban J connectivity index is 1.71. The first-order valence-corrected chi connectivity index (χ1v) is 9.86. The first-order chi connectivity index (χ1) is 13.3. The van der Waals surface area contributed by atoms with E-state index in [-0.39, 0.29) is 13.2 Å². The van der Waals surface area contributed by atoms with Gasteiger partial charge in [0.05, 0.1) is 20.7 Å². The zero-order valence-corrected chi connectivity index (χ0v) is 16.6. The third-order valence-corrected chi connectivity index (χ3v) is 4.86. The Morgan fingerprint density at radius 3 is 2.46 bits per heavy atom. The van der Waals surface area contributed by atoms with Crippen LogP contribution in [0, 0.1) is 0 Å². The van der Waals surface area contributed by atoms with Gasteiger partial charge < -0.3 is 9.45 Å². The summed E-state index contributed by atoms with van der Waals surface area (Å²) >= 11 is 0. The highest BCUT2D eigenvalue weighted by atomic mass is 32.3. The lowest BCUT2D eigenvalue weighted by Crippen LogP contribution is -2.26. The normalized spacial score (nSPS) is 12.1. The lowest BCUT2D eigenvalue weighted by molar-refractivity contribution is -0.632. The quantitative estimate of drug-likeness (QED) is 0.261. The van der Waals surface area contributed by atoms with Gasteiger partial charge in [0.25, 0.3) is 0 Å². The van der Waals surface area contributed by atoms with Gasteiger partial charge in [-0.05, 0) is 36.4 Å². The highest BCUT2D eigenvalue weighted by Gasteiger charge is 2.18. The van der Waals surface area contributed by atoms with Crippen LogP contribution in [0.15, 0.2) is 58.8 Å². The van der Waals surface area contributed by atoms with Gasteiger partial charge in [-0.1, -0.05) is 17.2 Å². The largest absolute Gasteiger partial charge is 0.726 e. The fourth-order valence-electron chi connectivity index (χ4n) is 2.89. The Morgan fingerprint density at radius 1 is 1.14 bits per heavy atom. The van der Waals surface area contributed by atoms with E-state index >= 15 is 0 Å². The molecule has 0 aliphatic carbocycles. The van der Waals surface area contributed by atoms with Crippen LogP contribution in [0.2, 0.25) is 0 Å². The number of hydrogen-bond donors (Lipinski definition) is 0. The summed E-state index contributed by atoms with van der Waals surface area (Å²) in [5, 5.41) is 8.69. The van der Waals surface area contributed by atoms with E-state index < -0.39 is 10.4 Å². The lowest BCUT2D eigenvalue weighted by Gasteiger charge is -2.19. The topological polar surface area (TPSA) is 103 Å². The predicted octanol–water partition coefficient (Wildman–Crippen LogP) is 2.33. The van der Waals surface area contributed by atoms with Crippen molar-refractivity contribution in [2.45, 2.75) is 0 Å². The van der Waals surface area contributed by atoms with E-state index in [1.165, 1.54) is 0 Å². The summed E-state index contributed by atoms with van der Waals surface area (Å²) in [5.74, 6) is 0.721. The second-order valence-corrected chi connectivity index (χ2v) is 7.33. The number of aromatic nitrogens is 2. The monoisotopic (exact) mass is 403 g/mol. The molecule has 0 N–H and O–H groups in total. The van der Waals surface area contributed by atoms with E-state index in [9.17, 15) is 13.0 Å². The van der Waals surface area contributed by atoms with Crippen molar-refractivity contribution in [1.29, 1.82) is 0 Å². The second kappa shape index (κ2) is 8.05. The van der Waals surface area contributed by atoms with Crippen LogP contribution >= 0.6 is 0 Å². The lowest BCUT2D eigenvalue weighted by atomic mass is 10.2. The molecule has 148 valence electrons. The molecular weight excluding hydrogens is 382 g/mol. The molecule has 0 saturated heterocycles. The van der Waals surface area contributed by atoms with Crippen LogP contribution < -0.4 is 9.47 Å². The van der Waals surface area contributed by atoms with Crippen LogP contribution in [-0.4, -0.2) is 37.7 Å². The van der Waals surface area contributed by atoms with Gasteiger partial charge in [-0.3, -0.25) is 4.18 Å². The summed E-state index contributed by atoms with van der Waals surface area (Å²) in [6.45, 7) is 0.0510. The summed E-state index contributed by atoms with van der Waals surface area (Å²) in [6.07, 6.45) is 0. The zero-order valence-electron chi connectivity index (χ0n) is 15.8. The summed E-state index contributed by atoms with van der Waals surface area (Å²) in [5.41, 5.74) is 3.65. The zero-order chi connectivity index (χ0) is 20.3. The van der Waals surface area contributed by atoms with Crippen LogP contribution in [0.1, 0.15) is 0 Å². The molecule has 0 bridgehead atoms. The van der Waals surface area contributed by atoms with Crippen LogP contribution in [0.4, 0.5) is 17.3 Å². The average Bonchev–Trinajstić information content (AvgIpc) is 2.90. The molecule has 9 nitrogen and oxygen atoms in total. The number of fused-ring (bicyclic) bond motifs is 1. The van der Waals surface area contributed by atoms with Crippen molar-refractivity contribution in [1.82, 2.24) is 4.57 Å². The molecule has 3 aromatic rings. The Bertz CT molecular complexity index is 1070. The standard InChI is InChI=1S/C18H21N5O4S/c1-21(12-13-27-28(24,25)26)15-10-8-14(9-11-15)19-20-18-22(2)16-6-4-5-7-17(16)23(18)3/h4-11H,12-13H2,1-3H3. The Labute approximate surface area is 163 Å². The van der Waals surface area contributed by atoms with Crippen molar-refractivity contribution in [3.05, 3.63) is 48.5 Å². The molecule has 3 rings (SSSR count). The van der Waals surface area contributed by atoms with Gasteiger partial charge in [-0.2, -0.15) is 0 Å². The van der Waals surface area contributed by atoms with Crippen molar-refractivity contribution < 1.29 is 21.7 Å². The molecular formula is C18H21N5O4S. The molecule has 2 aromatic carbocycles. The molecule has 1 aromatic heterocycles. The molecule has 0 unspecified atom stereocenters. The minimum atomic E-state index is -4.67. The third kappa shape index (κ3) is 4.53. The van der Waals surface area contributed by atoms with Crippen molar-refractivity contribution in [3.63, 3.8) is 0 Å². The molecule has 0 spiro atoms. The van der Waals surface area contributed by atoms with Gasteiger partial charge in [0, 0.05) is 24.4 Å². The number of imidazole rings is 1. The summed E-state index contributed by atoms with van der Waals surface area (Å²) in [7, 11) is 0.990. The smallest absolute Gasteiger partial charge is 0.422 e. The van der Waals surface area contributed by atoms with Gasteiger partial charge in [-0.15, -0.1) is 0 Å². The highest BCUT2D eigenvalue weighted by Crippen LogP contribution is 2.22. The SMILES string of the molecule is CN(CCOS(=O)(=O)[O-])c1ccc(N=Nc2n(C)c3ccccc3[n+]2C)cc1. The minimum Gasteiger partial charge on any atom is -0.726 e. The van der Waals surface area contributed by atoms with E-state index in [0.29, 0.717) is 5.69 Å². The molecule has 28 heavy (non-hydrogen) atoms. The minimum absolute atomic E-state index is 0.207. The Morgan fingerprint density at radius 2 is 1.82 bits per heavy atom. The summed E-state index contributed by atoms with van der Waals surface area (Å²) in [6, 6.07) is 15.3. The van der Waals surface area contributed by atoms with Crippen LogP contribution in [0.5, 0.6) is 0 Å². The number of likely N-dealkylation sites (N-methyl/N-ethyl adjacent to an activating group) is 1. The van der Waals surface area contributed by atoms with Gasteiger partial charge in [0.1, 0.15) is 16.7 Å². The number of para-hydroxylation sites is 2. The van der Waals surface area contributed by atoms with Crippen molar-refractivity contribution in [3.8, 4) is 0 Å². The van der Waals surface area contributed by atoms with E-state index in [2.05, 4.69) is 14.4 Å². The van der Waals surface area contributed by atoms with Crippen molar-refractivity contribution in [2.75, 3.05) is 25.1 Å². The fourth-order valence-corrected chi connectivity index (χ4v) is 3.17. The number of benzene rings is 2. The van der Waals surface area contributed by atoms with E-state index in [4.69, 9.17) is 0 Å². The molecule has 0 saturated carbocycles. The van der Waals surface area contributed by atoms with Crippen LogP contribution in [-0.2, 0) is 28.7 Å². The van der Waals surface area contributed by atoms with Gasteiger partial charge in [0.2, 0.25) is 10.4 Å². The molecule has 0 fully saturated rings. The molecule has 0 aliphatic rings. The number of anilines is 1. The number of nitrogens with zero attached hydrogens (tertiary/aromatic N) is 5. The van der Waals surface area contributed by atoms with E-state index in [1.54, 1.807) is 11.9 Å². The van der Waals surface area contributed by atoms with Gasteiger partial charge in [-0.25, -0.2) is 17.6 Å². The van der Waals surface area contributed by atoms with Crippen molar-refractivity contribution in [2.24, 2.45) is 24.3 Å². The second-order valence-electron chi connectivity index (χ2n) is 6.27. The first kappa shape index (κ1) is 19.9. The summed E-state index contributed by atoms with van der Waals surface area (Å²) in [4.78, 5) is 1.77. The molecule has 0 amide bonds. The predicted molar refractivity (Wildman–Crippen MR) is 104 cm³/mol. The molecule has 0 atom stereocenters. The number of rotatable bonds is 7.